The number of aliphatic carboxylic acids is 1. The quantitative estimate of drug-likeness (QED) is 0.871. The van der Waals surface area contributed by atoms with E-state index in [1.165, 1.54) is 11.0 Å². The Morgan fingerprint density at radius 1 is 1.47 bits per heavy atom. The van der Waals surface area contributed by atoms with Gasteiger partial charge in [0.25, 0.3) is 5.91 Å². The van der Waals surface area contributed by atoms with Crippen molar-refractivity contribution >= 4 is 11.9 Å². The summed E-state index contributed by atoms with van der Waals surface area (Å²) in [5.41, 5.74) is -0.0255. The number of carbonyl (C=O) groups is 2. The molecule has 0 aliphatic carbocycles. The molecule has 98 valence electrons. The summed E-state index contributed by atoms with van der Waals surface area (Å²) in [5.74, 6) is -1.10. The number of nitriles is 1. The van der Waals surface area contributed by atoms with Gasteiger partial charge in [-0.25, -0.2) is 0 Å². The topological polar surface area (TPSA) is 81.4 Å². The Kier molecular flexibility index (Phi) is 3.26. The highest BCUT2D eigenvalue weighted by molar-refractivity contribution is 5.95. The van der Waals surface area contributed by atoms with Crippen molar-refractivity contribution in [2.45, 2.75) is 13.3 Å². The third kappa shape index (κ3) is 2.43. The average Bonchev–Trinajstić information content (AvgIpc) is 2.82. The van der Waals surface area contributed by atoms with Gasteiger partial charge in [0, 0.05) is 18.7 Å². The standard InChI is InChI=1S/C14H14N2O3/c1-14(13(18)19)5-6-16(9-14)12(17)11-4-2-3-10(7-11)8-15/h2-4,7H,5-6,9H2,1H3,(H,18,19). The van der Waals surface area contributed by atoms with Crippen LogP contribution >= 0.6 is 0 Å². The molecule has 5 nitrogen and oxygen atoms in total. The van der Waals surface area contributed by atoms with Gasteiger partial charge in [0.05, 0.1) is 17.0 Å². The van der Waals surface area contributed by atoms with Gasteiger partial charge in [-0.3, -0.25) is 9.59 Å². The normalized spacial score (nSPS) is 22.0. The average molecular weight is 258 g/mol. The molecule has 1 fully saturated rings. The number of carbonyl (C=O) groups excluding carboxylic acids is 1. The molecule has 5 heteroatoms. The number of hydrogen-bond donors (Lipinski definition) is 1. The van der Waals surface area contributed by atoms with Gasteiger partial charge in [-0.2, -0.15) is 5.26 Å². The van der Waals surface area contributed by atoms with Gasteiger partial charge in [-0.05, 0) is 31.5 Å². The fourth-order valence-electron chi connectivity index (χ4n) is 2.21. The number of benzene rings is 1. The minimum Gasteiger partial charge on any atom is -0.481 e. The van der Waals surface area contributed by atoms with Crippen molar-refractivity contribution in [1.82, 2.24) is 4.90 Å². The SMILES string of the molecule is CC1(C(=O)O)CCN(C(=O)c2cccc(C#N)c2)C1. The molecule has 0 bridgehead atoms. The highest BCUT2D eigenvalue weighted by Crippen LogP contribution is 2.31. The number of likely N-dealkylation sites (tertiary alicyclic amines) is 1. The second-order valence-electron chi connectivity index (χ2n) is 5.04. The molecule has 0 saturated carbocycles. The zero-order chi connectivity index (χ0) is 14.0. The van der Waals surface area contributed by atoms with Gasteiger partial charge in [-0.1, -0.05) is 6.07 Å². The lowest BCUT2D eigenvalue weighted by molar-refractivity contribution is -0.147. The highest BCUT2D eigenvalue weighted by Gasteiger charge is 2.42. The first kappa shape index (κ1) is 13.1. The maximum absolute atomic E-state index is 12.2. The number of rotatable bonds is 2. The van der Waals surface area contributed by atoms with Crippen LogP contribution in [0.4, 0.5) is 0 Å². The maximum atomic E-state index is 12.2. The predicted octanol–water partition coefficient (Wildman–Crippen LogP) is 1.50. The van der Waals surface area contributed by atoms with E-state index in [1.54, 1.807) is 25.1 Å². The molecule has 1 amide bonds. The first-order valence-corrected chi connectivity index (χ1v) is 5.99. The van der Waals surface area contributed by atoms with Crippen LogP contribution in [-0.2, 0) is 4.79 Å². The molecule has 1 aliphatic rings. The summed E-state index contributed by atoms with van der Waals surface area (Å²) in [6.45, 7) is 2.28. The Balaban J connectivity index is 2.18. The van der Waals surface area contributed by atoms with Gasteiger partial charge in [0.15, 0.2) is 0 Å². The van der Waals surface area contributed by atoms with E-state index in [0.29, 0.717) is 24.1 Å². The van der Waals surface area contributed by atoms with E-state index in [4.69, 9.17) is 10.4 Å². The number of carboxylic acids is 1. The molecule has 1 aliphatic heterocycles. The Labute approximate surface area is 111 Å². The van der Waals surface area contributed by atoms with Crippen LogP contribution in [0.3, 0.4) is 0 Å². The summed E-state index contributed by atoms with van der Waals surface area (Å²) < 4.78 is 0. The Bertz CT molecular complexity index is 576. The van der Waals surface area contributed by atoms with E-state index in [-0.39, 0.29) is 12.5 Å². The summed E-state index contributed by atoms with van der Waals surface area (Å²) in [6, 6.07) is 8.43. The molecule has 1 aromatic rings. The van der Waals surface area contributed by atoms with Crippen LogP contribution in [0.1, 0.15) is 29.3 Å². The van der Waals surface area contributed by atoms with E-state index >= 15 is 0 Å². The molecule has 1 N–H and O–H groups in total. The molecule has 1 unspecified atom stereocenters. The van der Waals surface area contributed by atoms with Crippen LogP contribution in [-0.4, -0.2) is 35.0 Å². The summed E-state index contributed by atoms with van der Waals surface area (Å²) in [4.78, 5) is 24.9. The summed E-state index contributed by atoms with van der Waals surface area (Å²) >= 11 is 0. The van der Waals surface area contributed by atoms with Crippen molar-refractivity contribution in [3.63, 3.8) is 0 Å². The van der Waals surface area contributed by atoms with Crippen LogP contribution in [0, 0.1) is 16.7 Å². The van der Waals surface area contributed by atoms with E-state index in [1.807, 2.05) is 6.07 Å². The van der Waals surface area contributed by atoms with Crippen LogP contribution in [0.25, 0.3) is 0 Å². The van der Waals surface area contributed by atoms with Crippen molar-refractivity contribution in [1.29, 1.82) is 5.26 Å². The fraction of sp³-hybridized carbons (Fsp3) is 0.357. The molecular weight excluding hydrogens is 244 g/mol. The van der Waals surface area contributed by atoms with Gasteiger partial charge in [0.2, 0.25) is 0 Å². The molecule has 1 saturated heterocycles. The fourth-order valence-corrected chi connectivity index (χ4v) is 2.21. The van der Waals surface area contributed by atoms with Gasteiger partial charge >= 0.3 is 5.97 Å². The number of nitrogens with zero attached hydrogens (tertiary/aromatic N) is 2. The third-order valence-electron chi connectivity index (χ3n) is 3.52. The monoisotopic (exact) mass is 258 g/mol. The predicted molar refractivity (Wildman–Crippen MR) is 67.4 cm³/mol. The minimum absolute atomic E-state index is 0.206. The third-order valence-corrected chi connectivity index (χ3v) is 3.52. The second kappa shape index (κ2) is 4.73. The largest absolute Gasteiger partial charge is 0.481 e. The van der Waals surface area contributed by atoms with Crippen LogP contribution in [0.15, 0.2) is 24.3 Å². The van der Waals surface area contributed by atoms with Crippen molar-refractivity contribution in [3.05, 3.63) is 35.4 Å². The zero-order valence-electron chi connectivity index (χ0n) is 10.6. The Morgan fingerprint density at radius 3 is 2.79 bits per heavy atom. The van der Waals surface area contributed by atoms with E-state index in [0.717, 1.165) is 0 Å². The number of hydrogen-bond acceptors (Lipinski definition) is 3. The molecular formula is C14H14N2O3. The van der Waals surface area contributed by atoms with E-state index in [2.05, 4.69) is 0 Å². The first-order valence-electron chi connectivity index (χ1n) is 5.99. The Hall–Kier alpha value is -2.35. The molecule has 1 aromatic carbocycles. The van der Waals surface area contributed by atoms with E-state index < -0.39 is 11.4 Å². The zero-order valence-corrected chi connectivity index (χ0v) is 10.6. The highest BCUT2D eigenvalue weighted by atomic mass is 16.4. The van der Waals surface area contributed by atoms with Crippen molar-refractivity contribution in [3.8, 4) is 6.07 Å². The lowest BCUT2D eigenvalue weighted by Gasteiger charge is -2.20. The van der Waals surface area contributed by atoms with Crippen molar-refractivity contribution in [2.24, 2.45) is 5.41 Å². The molecule has 19 heavy (non-hydrogen) atoms. The Morgan fingerprint density at radius 2 is 2.21 bits per heavy atom. The molecule has 0 spiro atoms. The smallest absolute Gasteiger partial charge is 0.311 e. The summed E-state index contributed by atoms with van der Waals surface area (Å²) in [5, 5.41) is 18.0. The summed E-state index contributed by atoms with van der Waals surface area (Å²) in [6.07, 6.45) is 0.450. The van der Waals surface area contributed by atoms with Crippen LogP contribution in [0.5, 0.6) is 0 Å². The second-order valence-corrected chi connectivity index (χ2v) is 5.04. The van der Waals surface area contributed by atoms with E-state index in [9.17, 15) is 9.59 Å². The minimum atomic E-state index is -0.881. The molecule has 0 aromatic heterocycles. The molecule has 0 radical (unpaired) electrons. The lowest BCUT2D eigenvalue weighted by Crippen LogP contribution is -2.34. The van der Waals surface area contributed by atoms with Gasteiger partial charge < -0.3 is 10.0 Å². The van der Waals surface area contributed by atoms with Crippen LogP contribution in [0.2, 0.25) is 0 Å². The first-order chi connectivity index (χ1) is 8.96. The van der Waals surface area contributed by atoms with Crippen LogP contribution < -0.4 is 0 Å². The molecule has 2 rings (SSSR count). The van der Waals surface area contributed by atoms with Gasteiger partial charge in [-0.15, -0.1) is 0 Å². The lowest BCUT2D eigenvalue weighted by atomic mass is 9.90. The number of carboxylic acid groups (broad SMARTS) is 1. The number of amides is 1. The molecule has 1 atom stereocenters. The van der Waals surface area contributed by atoms with Gasteiger partial charge in [0.1, 0.15) is 0 Å². The van der Waals surface area contributed by atoms with Crippen molar-refractivity contribution < 1.29 is 14.7 Å². The summed E-state index contributed by atoms with van der Waals surface area (Å²) in [7, 11) is 0. The van der Waals surface area contributed by atoms with Crippen molar-refractivity contribution in [2.75, 3.05) is 13.1 Å². The molecule has 1 heterocycles. The maximum Gasteiger partial charge on any atom is 0.311 e.